The SMILES string of the molecule is CNC(C)Cc1noc(-c2ccccc2Cl)n1.Cl. The lowest BCUT2D eigenvalue weighted by Gasteiger charge is -2.04. The maximum atomic E-state index is 6.06. The molecule has 1 unspecified atom stereocenters. The summed E-state index contributed by atoms with van der Waals surface area (Å²) in [4.78, 5) is 4.33. The minimum Gasteiger partial charge on any atom is -0.334 e. The number of nitrogens with one attached hydrogen (secondary N) is 1. The molecule has 1 aromatic heterocycles. The second kappa shape index (κ2) is 6.73. The van der Waals surface area contributed by atoms with Gasteiger partial charge in [-0.3, -0.25) is 0 Å². The van der Waals surface area contributed by atoms with E-state index in [1.165, 1.54) is 0 Å². The molecule has 1 atom stereocenters. The molecule has 0 amide bonds. The Kier molecular flexibility index (Phi) is 5.59. The van der Waals surface area contributed by atoms with Gasteiger partial charge < -0.3 is 9.84 Å². The fourth-order valence-corrected chi connectivity index (χ4v) is 1.67. The zero-order valence-electron chi connectivity index (χ0n) is 10.2. The monoisotopic (exact) mass is 287 g/mol. The van der Waals surface area contributed by atoms with Gasteiger partial charge in [-0.15, -0.1) is 12.4 Å². The van der Waals surface area contributed by atoms with Gasteiger partial charge in [0.05, 0.1) is 10.6 Å². The molecule has 0 aliphatic carbocycles. The van der Waals surface area contributed by atoms with Crippen LogP contribution in [0.15, 0.2) is 28.8 Å². The highest BCUT2D eigenvalue weighted by Crippen LogP contribution is 2.25. The van der Waals surface area contributed by atoms with Crippen molar-refractivity contribution >= 4 is 24.0 Å². The zero-order chi connectivity index (χ0) is 12.3. The van der Waals surface area contributed by atoms with Crippen LogP contribution in [0.1, 0.15) is 12.7 Å². The van der Waals surface area contributed by atoms with Crippen LogP contribution in [0.2, 0.25) is 5.02 Å². The predicted octanol–water partition coefficient (Wildman–Crippen LogP) is 2.96. The van der Waals surface area contributed by atoms with Gasteiger partial charge in [0.15, 0.2) is 5.82 Å². The normalized spacial score (nSPS) is 11.9. The van der Waals surface area contributed by atoms with Crippen molar-refractivity contribution in [2.45, 2.75) is 19.4 Å². The fourth-order valence-electron chi connectivity index (χ4n) is 1.46. The minimum absolute atomic E-state index is 0. The van der Waals surface area contributed by atoms with E-state index in [-0.39, 0.29) is 12.4 Å². The van der Waals surface area contributed by atoms with Gasteiger partial charge in [-0.2, -0.15) is 4.98 Å². The largest absolute Gasteiger partial charge is 0.334 e. The predicted molar refractivity (Wildman–Crippen MR) is 74.2 cm³/mol. The quantitative estimate of drug-likeness (QED) is 0.939. The maximum Gasteiger partial charge on any atom is 0.259 e. The van der Waals surface area contributed by atoms with E-state index in [1.54, 1.807) is 6.07 Å². The van der Waals surface area contributed by atoms with E-state index in [4.69, 9.17) is 16.1 Å². The van der Waals surface area contributed by atoms with Crippen LogP contribution in [0.25, 0.3) is 11.5 Å². The van der Waals surface area contributed by atoms with Crippen molar-refractivity contribution < 1.29 is 4.52 Å². The molecule has 6 heteroatoms. The second-order valence-corrected chi connectivity index (χ2v) is 4.30. The van der Waals surface area contributed by atoms with Gasteiger partial charge in [-0.1, -0.05) is 28.9 Å². The van der Waals surface area contributed by atoms with Gasteiger partial charge in [0.25, 0.3) is 5.89 Å². The lowest BCUT2D eigenvalue weighted by Crippen LogP contribution is -2.24. The second-order valence-electron chi connectivity index (χ2n) is 3.89. The van der Waals surface area contributed by atoms with Crippen molar-refractivity contribution in [3.63, 3.8) is 0 Å². The van der Waals surface area contributed by atoms with Crippen molar-refractivity contribution in [3.05, 3.63) is 35.1 Å². The summed E-state index contributed by atoms with van der Waals surface area (Å²) in [7, 11) is 1.90. The third-order valence-corrected chi connectivity index (χ3v) is 2.88. The Labute approximate surface area is 117 Å². The number of benzene rings is 1. The Morgan fingerprint density at radius 3 is 2.78 bits per heavy atom. The molecule has 0 aliphatic rings. The first-order chi connectivity index (χ1) is 8.20. The molecule has 0 bridgehead atoms. The van der Waals surface area contributed by atoms with Crippen LogP contribution in [0.5, 0.6) is 0 Å². The zero-order valence-corrected chi connectivity index (χ0v) is 11.8. The van der Waals surface area contributed by atoms with Gasteiger partial charge in [0, 0.05) is 12.5 Å². The third kappa shape index (κ3) is 3.45. The molecule has 2 aromatic rings. The first kappa shape index (κ1) is 15.0. The highest BCUT2D eigenvalue weighted by atomic mass is 35.5. The molecule has 0 saturated carbocycles. The molecular formula is C12H15Cl2N3O. The Hall–Kier alpha value is -1.10. The molecular weight excluding hydrogens is 273 g/mol. The van der Waals surface area contributed by atoms with Gasteiger partial charge in [0.2, 0.25) is 0 Å². The van der Waals surface area contributed by atoms with Gasteiger partial charge >= 0.3 is 0 Å². The number of aromatic nitrogens is 2. The van der Waals surface area contributed by atoms with E-state index >= 15 is 0 Å². The van der Waals surface area contributed by atoms with Crippen LogP contribution in [-0.2, 0) is 6.42 Å². The Morgan fingerprint density at radius 2 is 2.11 bits per heavy atom. The van der Waals surface area contributed by atoms with E-state index in [0.717, 1.165) is 12.0 Å². The van der Waals surface area contributed by atoms with Crippen LogP contribution >= 0.6 is 24.0 Å². The molecule has 0 spiro atoms. The number of hydrogen-bond acceptors (Lipinski definition) is 4. The molecule has 1 N–H and O–H groups in total. The molecule has 0 radical (unpaired) electrons. The molecule has 0 aliphatic heterocycles. The van der Waals surface area contributed by atoms with Crippen molar-refractivity contribution in [2.75, 3.05) is 7.05 Å². The van der Waals surface area contributed by atoms with Crippen molar-refractivity contribution in [2.24, 2.45) is 0 Å². The van der Waals surface area contributed by atoms with Crippen LogP contribution in [-0.4, -0.2) is 23.2 Å². The molecule has 1 heterocycles. The molecule has 2 rings (SSSR count). The van der Waals surface area contributed by atoms with Crippen molar-refractivity contribution in [3.8, 4) is 11.5 Å². The first-order valence-electron chi connectivity index (χ1n) is 5.45. The average molecular weight is 288 g/mol. The Bertz CT molecular complexity index is 502. The summed E-state index contributed by atoms with van der Waals surface area (Å²) in [6.07, 6.45) is 0.727. The Morgan fingerprint density at radius 1 is 1.39 bits per heavy atom. The van der Waals surface area contributed by atoms with Crippen LogP contribution in [0.3, 0.4) is 0 Å². The van der Waals surface area contributed by atoms with E-state index in [1.807, 2.05) is 25.2 Å². The van der Waals surface area contributed by atoms with Crippen molar-refractivity contribution in [1.82, 2.24) is 15.5 Å². The number of hydrogen-bond donors (Lipinski definition) is 1. The van der Waals surface area contributed by atoms with Crippen LogP contribution < -0.4 is 5.32 Å². The maximum absolute atomic E-state index is 6.06. The van der Waals surface area contributed by atoms with Gasteiger partial charge in [-0.25, -0.2) is 0 Å². The summed E-state index contributed by atoms with van der Waals surface area (Å²) in [6, 6.07) is 7.73. The Balaban J connectivity index is 0.00000162. The van der Waals surface area contributed by atoms with Crippen LogP contribution in [0, 0.1) is 0 Å². The standard InChI is InChI=1S/C12H14ClN3O.ClH/c1-8(14-2)7-11-15-12(17-16-11)9-5-3-4-6-10(9)13;/h3-6,8,14H,7H2,1-2H3;1H. The van der Waals surface area contributed by atoms with Gasteiger partial charge in [-0.05, 0) is 26.1 Å². The highest BCUT2D eigenvalue weighted by molar-refractivity contribution is 6.33. The summed E-state index contributed by atoms with van der Waals surface area (Å²) >= 11 is 6.06. The highest BCUT2D eigenvalue weighted by Gasteiger charge is 2.12. The van der Waals surface area contributed by atoms with E-state index in [2.05, 4.69) is 22.4 Å². The third-order valence-electron chi connectivity index (χ3n) is 2.55. The van der Waals surface area contributed by atoms with E-state index in [9.17, 15) is 0 Å². The van der Waals surface area contributed by atoms with E-state index in [0.29, 0.717) is 22.8 Å². The average Bonchev–Trinajstić information content (AvgIpc) is 2.78. The molecule has 98 valence electrons. The summed E-state index contributed by atoms with van der Waals surface area (Å²) in [5, 5.41) is 7.68. The van der Waals surface area contributed by atoms with Crippen LogP contribution in [0.4, 0.5) is 0 Å². The number of likely N-dealkylation sites (N-methyl/N-ethyl adjacent to an activating group) is 1. The van der Waals surface area contributed by atoms with Gasteiger partial charge in [0.1, 0.15) is 0 Å². The summed E-state index contributed by atoms with van der Waals surface area (Å²) in [6.45, 7) is 2.06. The molecule has 1 aromatic carbocycles. The number of nitrogens with zero attached hydrogens (tertiary/aromatic N) is 2. The fraction of sp³-hybridized carbons (Fsp3) is 0.333. The number of halogens is 2. The number of rotatable bonds is 4. The molecule has 4 nitrogen and oxygen atoms in total. The topological polar surface area (TPSA) is 51.0 Å². The van der Waals surface area contributed by atoms with Crippen molar-refractivity contribution in [1.29, 1.82) is 0 Å². The molecule has 0 saturated heterocycles. The smallest absolute Gasteiger partial charge is 0.259 e. The lowest BCUT2D eigenvalue weighted by atomic mass is 10.2. The van der Waals surface area contributed by atoms with E-state index < -0.39 is 0 Å². The summed E-state index contributed by atoms with van der Waals surface area (Å²) < 4.78 is 5.20. The minimum atomic E-state index is 0. The molecule has 18 heavy (non-hydrogen) atoms. The first-order valence-corrected chi connectivity index (χ1v) is 5.83. The lowest BCUT2D eigenvalue weighted by molar-refractivity contribution is 0.418. The summed E-state index contributed by atoms with van der Waals surface area (Å²) in [5.74, 6) is 1.15. The summed E-state index contributed by atoms with van der Waals surface area (Å²) in [5.41, 5.74) is 0.769. The molecule has 0 fully saturated rings.